The van der Waals surface area contributed by atoms with Gasteiger partial charge < -0.3 is 18.5 Å². The minimum absolute atomic E-state index is 0.113. The minimum Gasteiger partial charge on any atom is -0.486 e. The van der Waals surface area contributed by atoms with E-state index in [-0.39, 0.29) is 5.56 Å². The Morgan fingerprint density at radius 2 is 1.85 bits per heavy atom. The lowest BCUT2D eigenvalue weighted by Crippen LogP contribution is -2.19. The van der Waals surface area contributed by atoms with E-state index in [1.807, 2.05) is 47.0 Å². The number of carbonyl (C=O) groups excluding carboxylic acids is 1. The number of hydrogen-bond donors (Lipinski definition) is 0. The summed E-state index contributed by atoms with van der Waals surface area (Å²) in [5.41, 5.74) is 0.439. The molecule has 1 amide bonds. The Labute approximate surface area is 196 Å². The smallest absolute Gasteiger partial charge is 0.349 e. The van der Waals surface area contributed by atoms with Gasteiger partial charge in [0.2, 0.25) is 0 Å². The molecule has 3 aromatic carbocycles. The Hall–Kier alpha value is -4.17. The standard InChI is InChI=1S/C26H18N2O5S/c1-2-9-28-19-13-21-22(32-11-10-31-21)14-23(19)34-26(28)27-24(29)18-12-17-16-6-4-3-5-15(16)7-8-20(17)33-25(18)30/h2-8,12-14H,1,9-11H2. The van der Waals surface area contributed by atoms with E-state index in [2.05, 4.69) is 11.6 Å². The van der Waals surface area contributed by atoms with E-state index < -0.39 is 11.5 Å². The highest BCUT2D eigenvalue weighted by molar-refractivity contribution is 7.16. The van der Waals surface area contributed by atoms with Crippen LogP contribution in [0, 0.1) is 0 Å². The van der Waals surface area contributed by atoms with Crippen LogP contribution in [0.2, 0.25) is 0 Å². The number of carbonyl (C=O) groups is 1. The number of allylic oxidation sites excluding steroid dienone is 1. The summed E-state index contributed by atoms with van der Waals surface area (Å²) in [5, 5.41) is 2.57. The lowest BCUT2D eigenvalue weighted by Gasteiger charge is -2.18. The van der Waals surface area contributed by atoms with E-state index >= 15 is 0 Å². The van der Waals surface area contributed by atoms with E-state index in [4.69, 9.17) is 13.9 Å². The van der Waals surface area contributed by atoms with Crippen molar-refractivity contribution in [1.82, 2.24) is 4.57 Å². The molecule has 5 aromatic rings. The zero-order valence-corrected chi connectivity index (χ0v) is 18.8. The summed E-state index contributed by atoms with van der Waals surface area (Å²) >= 11 is 1.33. The number of benzene rings is 3. The maximum Gasteiger partial charge on any atom is 0.349 e. The Morgan fingerprint density at radius 3 is 2.68 bits per heavy atom. The fourth-order valence-electron chi connectivity index (χ4n) is 4.17. The van der Waals surface area contributed by atoms with Gasteiger partial charge in [0.25, 0.3) is 5.91 Å². The van der Waals surface area contributed by atoms with Crippen molar-refractivity contribution in [3.63, 3.8) is 0 Å². The van der Waals surface area contributed by atoms with Crippen LogP contribution in [0.5, 0.6) is 11.5 Å². The van der Waals surface area contributed by atoms with E-state index in [1.54, 1.807) is 18.2 Å². The third-order valence-electron chi connectivity index (χ3n) is 5.73. The van der Waals surface area contributed by atoms with Crippen LogP contribution in [0.1, 0.15) is 10.4 Å². The summed E-state index contributed by atoms with van der Waals surface area (Å²) in [4.78, 5) is 30.6. The second-order valence-electron chi connectivity index (χ2n) is 7.81. The highest BCUT2D eigenvalue weighted by atomic mass is 32.1. The summed E-state index contributed by atoms with van der Waals surface area (Å²) in [7, 11) is 0. The van der Waals surface area contributed by atoms with Crippen LogP contribution in [-0.4, -0.2) is 23.7 Å². The summed E-state index contributed by atoms with van der Waals surface area (Å²) in [6, 6.07) is 16.7. The summed E-state index contributed by atoms with van der Waals surface area (Å²) in [5.74, 6) is 0.644. The number of thiazole rings is 1. The van der Waals surface area contributed by atoms with Crippen molar-refractivity contribution in [2.24, 2.45) is 4.99 Å². The predicted molar refractivity (Wildman–Crippen MR) is 131 cm³/mol. The Morgan fingerprint density at radius 1 is 1.06 bits per heavy atom. The van der Waals surface area contributed by atoms with Crippen LogP contribution in [0.15, 0.2) is 81.5 Å². The van der Waals surface area contributed by atoms with Gasteiger partial charge in [0.15, 0.2) is 16.3 Å². The first-order valence-corrected chi connectivity index (χ1v) is 11.5. The van der Waals surface area contributed by atoms with Gasteiger partial charge in [0, 0.05) is 24.1 Å². The summed E-state index contributed by atoms with van der Waals surface area (Å²) in [6.45, 7) is 5.22. The molecule has 0 saturated carbocycles. The van der Waals surface area contributed by atoms with Crippen molar-refractivity contribution in [2.75, 3.05) is 13.2 Å². The zero-order chi connectivity index (χ0) is 23.2. The van der Waals surface area contributed by atoms with Gasteiger partial charge in [0.05, 0.1) is 10.2 Å². The topological polar surface area (TPSA) is 83.0 Å². The average Bonchev–Trinajstić information content (AvgIpc) is 3.17. The SMILES string of the molecule is C=CCn1c(=NC(=O)c2cc3c(ccc4ccccc43)oc2=O)sc2cc3c(cc21)OCCO3. The lowest BCUT2D eigenvalue weighted by atomic mass is 10.0. The average molecular weight is 471 g/mol. The molecule has 0 aliphatic carbocycles. The third-order valence-corrected chi connectivity index (χ3v) is 6.77. The highest BCUT2D eigenvalue weighted by Gasteiger charge is 2.18. The number of hydrogen-bond acceptors (Lipinski definition) is 6. The van der Waals surface area contributed by atoms with Crippen LogP contribution in [0.25, 0.3) is 32.0 Å². The summed E-state index contributed by atoms with van der Waals surface area (Å²) < 4.78 is 19.6. The fraction of sp³-hybridized carbons (Fsp3) is 0.115. The van der Waals surface area contributed by atoms with Gasteiger partial charge in [-0.2, -0.15) is 4.99 Å². The molecule has 168 valence electrons. The number of nitrogens with zero attached hydrogens (tertiary/aromatic N) is 2. The monoisotopic (exact) mass is 470 g/mol. The van der Waals surface area contributed by atoms with Crippen molar-refractivity contribution >= 4 is 49.2 Å². The normalized spacial score (nSPS) is 13.6. The van der Waals surface area contributed by atoms with Gasteiger partial charge in [-0.25, -0.2) is 4.79 Å². The number of amides is 1. The maximum absolute atomic E-state index is 13.2. The molecule has 8 heteroatoms. The van der Waals surface area contributed by atoms with E-state index in [0.29, 0.717) is 47.0 Å². The molecule has 0 saturated heterocycles. The largest absolute Gasteiger partial charge is 0.486 e. The molecule has 3 heterocycles. The zero-order valence-electron chi connectivity index (χ0n) is 17.9. The van der Waals surface area contributed by atoms with E-state index in [0.717, 1.165) is 21.0 Å². The van der Waals surface area contributed by atoms with Crippen molar-refractivity contribution < 1.29 is 18.7 Å². The number of ether oxygens (including phenoxy) is 2. The van der Waals surface area contributed by atoms with Crippen molar-refractivity contribution in [3.8, 4) is 11.5 Å². The first-order chi connectivity index (χ1) is 16.6. The molecule has 1 aliphatic rings. The number of rotatable bonds is 3. The molecule has 0 radical (unpaired) electrons. The molecule has 6 rings (SSSR count). The first kappa shape index (κ1) is 20.4. The van der Waals surface area contributed by atoms with Crippen LogP contribution in [0.4, 0.5) is 0 Å². The van der Waals surface area contributed by atoms with Gasteiger partial charge in [-0.15, -0.1) is 6.58 Å². The molecular formula is C26H18N2O5S. The number of aromatic nitrogens is 1. The molecule has 0 bridgehead atoms. The maximum atomic E-state index is 13.2. The molecule has 0 N–H and O–H groups in total. The summed E-state index contributed by atoms with van der Waals surface area (Å²) in [6.07, 6.45) is 1.73. The van der Waals surface area contributed by atoms with Crippen LogP contribution in [-0.2, 0) is 6.54 Å². The van der Waals surface area contributed by atoms with E-state index in [9.17, 15) is 9.59 Å². The molecule has 0 spiro atoms. The lowest BCUT2D eigenvalue weighted by molar-refractivity contribution is 0.0994. The molecule has 7 nitrogen and oxygen atoms in total. The molecule has 34 heavy (non-hydrogen) atoms. The highest BCUT2D eigenvalue weighted by Crippen LogP contribution is 2.35. The van der Waals surface area contributed by atoms with Gasteiger partial charge in [-0.3, -0.25) is 4.79 Å². The van der Waals surface area contributed by atoms with Crippen LogP contribution in [0.3, 0.4) is 0 Å². The van der Waals surface area contributed by atoms with Gasteiger partial charge in [0.1, 0.15) is 24.4 Å². The third kappa shape index (κ3) is 3.31. The number of fused-ring (bicyclic) bond motifs is 5. The second-order valence-corrected chi connectivity index (χ2v) is 8.82. The van der Waals surface area contributed by atoms with Gasteiger partial charge in [-0.05, 0) is 22.9 Å². The van der Waals surface area contributed by atoms with Crippen LogP contribution < -0.4 is 19.9 Å². The van der Waals surface area contributed by atoms with Crippen molar-refractivity contribution in [2.45, 2.75) is 6.54 Å². The minimum atomic E-state index is -0.717. The van der Waals surface area contributed by atoms with Crippen molar-refractivity contribution in [3.05, 3.63) is 88.0 Å². The Kier molecular flexibility index (Phi) is 4.81. The van der Waals surface area contributed by atoms with Gasteiger partial charge in [-0.1, -0.05) is 47.7 Å². The van der Waals surface area contributed by atoms with Crippen molar-refractivity contribution in [1.29, 1.82) is 0 Å². The van der Waals surface area contributed by atoms with E-state index in [1.165, 1.54) is 11.3 Å². The molecule has 2 aromatic heterocycles. The fourth-order valence-corrected chi connectivity index (χ4v) is 5.21. The van der Waals surface area contributed by atoms with Gasteiger partial charge >= 0.3 is 5.63 Å². The second kappa shape index (κ2) is 8.00. The molecule has 0 fully saturated rings. The molecule has 1 aliphatic heterocycles. The Balaban J connectivity index is 1.53. The van der Waals surface area contributed by atoms with Crippen LogP contribution >= 0.6 is 11.3 Å². The molecule has 0 atom stereocenters. The predicted octanol–water partition coefficient (Wildman–Crippen LogP) is 4.66. The first-order valence-electron chi connectivity index (χ1n) is 10.7. The molecule has 0 unspecified atom stereocenters. The quantitative estimate of drug-likeness (QED) is 0.218. The Bertz CT molecular complexity index is 1760. The molecular weight excluding hydrogens is 452 g/mol.